The lowest BCUT2D eigenvalue weighted by molar-refractivity contribution is -0.135. The van der Waals surface area contributed by atoms with E-state index in [2.05, 4.69) is 14.9 Å². The van der Waals surface area contributed by atoms with Crippen molar-refractivity contribution in [1.29, 1.82) is 0 Å². The molecule has 0 spiro atoms. The highest BCUT2D eigenvalue weighted by atomic mass is 16.5. The number of para-hydroxylation sites is 1. The van der Waals surface area contributed by atoms with Crippen LogP contribution in [0.15, 0.2) is 60.7 Å². The molecule has 0 N–H and O–H groups in total. The third-order valence-corrected chi connectivity index (χ3v) is 6.25. The highest BCUT2D eigenvalue weighted by Crippen LogP contribution is 2.26. The van der Waals surface area contributed by atoms with Gasteiger partial charge < -0.3 is 14.5 Å². The summed E-state index contributed by atoms with van der Waals surface area (Å²) >= 11 is 0. The minimum absolute atomic E-state index is 0.244. The first-order chi connectivity index (χ1) is 16.9. The van der Waals surface area contributed by atoms with E-state index in [9.17, 15) is 14.4 Å². The molecule has 0 radical (unpaired) electrons. The van der Waals surface area contributed by atoms with Gasteiger partial charge in [0.2, 0.25) is 11.8 Å². The van der Waals surface area contributed by atoms with Crippen LogP contribution in [0, 0.1) is 6.92 Å². The summed E-state index contributed by atoms with van der Waals surface area (Å²) in [7, 11) is 0. The van der Waals surface area contributed by atoms with Gasteiger partial charge in [-0.3, -0.25) is 19.3 Å². The number of imide groups is 1. The second kappa shape index (κ2) is 9.17. The molecule has 1 saturated heterocycles. The molecule has 3 amide bonds. The Morgan fingerprint density at radius 2 is 1.49 bits per heavy atom. The van der Waals surface area contributed by atoms with Gasteiger partial charge >= 0.3 is 0 Å². The van der Waals surface area contributed by atoms with Crippen LogP contribution in [0.3, 0.4) is 0 Å². The molecule has 178 valence electrons. The predicted molar refractivity (Wildman–Crippen MR) is 128 cm³/mol. The normalized spacial score (nSPS) is 16.3. The number of rotatable bonds is 5. The van der Waals surface area contributed by atoms with Crippen LogP contribution < -0.4 is 9.64 Å². The summed E-state index contributed by atoms with van der Waals surface area (Å²) in [6.07, 6.45) is 0. The van der Waals surface area contributed by atoms with E-state index >= 15 is 0 Å². The number of anilines is 1. The standard InChI is InChI=1S/C26H25N5O4/c1-17(31-25(33)20-10-6-7-11-21(20)26(31)34)24(32)30-14-12-29(13-15-30)22-16-23(28-18(2)27-22)35-19-8-4-3-5-9-19/h3-11,16-17H,12-15H2,1-2H3. The number of carbonyl (C=O) groups is 3. The number of aromatic nitrogens is 2. The molecule has 9 nitrogen and oxygen atoms in total. The molecular formula is C26H25N5O4. The van der Waals surface area contributed by atoms with E-state index < -0.39 is 17.9 Å². The van der Waals surface area contributed by atoms with Crippen LogP contribution >= 0.6 is 0 Å². The van der Waals surface area contributed by atoms with Crippen LogP contribution in [0.1, 0.15) is 33.5 Å². The third-order valence-electron chi connectivity index (χ3n) is 6.25. The molecule has 2 aliphatic rings. The molecule has 2 aromatic carbocycles. The number of nitrogens with zero attached hydrogens (tertiary/aromatic N) is 5. The molecule has 0 bridgehead atoms. The van der Waals surface area contributed by atoms with Gasteiger partial charge in [0.05, 0.1) is 11.1 Å². The van der Waals surface area contributed by atoms with Crippen molar-refractivity contribution in [3.8, 4) is 11.6 Å². The maximum absolute atomic E-state index is 13.2. The molecule has 1 fully saturated rings. The lowest BCUT2D eigenvalue weighted by atomic mass is 10.1. The second-order valence-corrected chi connectivity index (χ2v) is 8.54. The van der Waals surface area contributed by atoms with E-state index in [1.54, 1.807) is 42.2 Å². The maximum atomic E-state index is 13.2. The number of hydrogen-bond donors (Lipinski definition) is 0. The SMILES string of the molecule is Cc1nc(Oc2ccccc2)cc(N2CCN(C(=O)C(C)N3C(=O)c4ccccc4C3=O)CC2)n1. The van der Waals surface area contributed by atoms with E-state index in [0.29, 0.717) is 54.8 Å². The summed E-state index contributed by atoms with van der Waals surface area (Å²) in [4.78, 5) is 52.5. The molecule has 1 atom stereocenters. The molecule has 5 rings (SSSR count). The Morgan fingerprint density at radius 3 is 2.11 bits per heavy atom. The molecule has 9 heteroatoms. The van der Waals surface area contributed by atoms with E-state index in [1.165, 1.54) is 0 Å². The van der Waals surface area contributed by atoms with Gasteiger partial charge in [-0.1, -0.05) is 30.3 Å². The van der Waals surface area contributed by atoms with Crippen LogP contribution in [0.5, 0.6) is 11.6 Å². The van der Waals surface area contributed by atoms with Crippen molar-refractivity contribution in [2.24, 2.45) is 0 Å². The van der Waals surface area contributed by atoms with E-state index in [-0.39, 0.29) is 5.91 Å². The lowest BCUT2D eigenvalue weighted by Crippen LogP contribution is -2.55. The summed E-state index contributed by atoms with van der Waals surface area (Å²) in [6.45, 7) is 5.43. The molecule has 2 aliphatic heterocycles. The first-order valence-corrected chi connectivity index (χ1v) is 11.5. The van der Waals surface area contributed by atoms with Crippen molar-refractivity contribution in [2.75, 3.05) is 31.1 Å². The second-order valence-electron chi connectivity index (χ2n) is 8.54. The largest absolute Gasteiger partial charge is 0.439 e. The van der Waals surface area contributed by atoms with Crippen molar-refractivity contribution in [2.45, 2.75) is 19.9 Å². The zero-order valence-electron chi connectivity index (χ0n) is 19.5. The van der Waals surface area contributed by atoms with Gasteiger partial charge in [-0.05, 0) is 38.1 Å². The average Bonchev–Trinajstić information content (AvgIpc) is 3.13. The van der Waals surface area contributed by atoms with Crippen molar-refractivity contribution in [3.63, 3.8) is 0 Å². The number of aryl methyl sites for hydroxylation is 1. The summed E-state index contributed by atoms with van der Waals surface area (Å²) in [6, 6.07) is 17.0. The quantitative estimate of drug-likeness (QED) is 0.528. The molecular weight excluding hydrogens is 446 g/mol. The average molecular weight is 472 g/mol. The number of fused-ring (bicyclic) bond motifs is 1. The lowest BCUT2D eigenvalue weighted by Gasteiger charge is -2.37. The van der Waals surface area contributed by atoms with Gasteiger partial charge in [0.1, 0.15) is 23.4 Å². The summed E-state index contributed by atoms with van der Waals surface area (Å²) < 4.78 is 5.87. The van der Waals surface area contributed by atoms with Gasteiger partial charge in [-0.25, -0.2) is 4.98 Å². The van der Waals surface area contributed by atoms with Crippen LogP contribution in [-0.2, 0) is 4.79 Å². The van der Waals surface area contributed by atoms with Gasteiger partial charge in [0, 0.05) is 32.2 Å². The molecule has 3 heterocycles. The Hall–Kier alpha value is -4.27. The monoisotopic (exact) mass is 471 g/mol. The maximum Gasteiger partial charge on any atom is 0.262 e. The number of hydrogen-bond acceptors (Lipinski definition) is 7. The summed E-state index contributed by atoms with van der Waals surface area (Å²) in [5, 5.41) is 0. The minimum atomic E-state index is -0.874. The molecule has 35 heavy (non-hydrogen) atoms. The number of carbonyl (C=O) groups excluding carboxylic acids is 3. The smallest absolute Gasteiger partial charge is 0.262 e. The topological polar surface area (TPSA) is 95.9 Å². The highest BCUT2D eigenvalue weighted by molar-refractivity contribution is 6.22. The molecule has 1 unspecified atom stereocenters. The van der Waals surface area contributed by atoms with Crippen LogP contribution in [0.2, 0.25) is 0 Å². The first kappa shape index (κ1) is 22.5. The fraction of sp³-hybridized carbons (Fsp3) is 0.269. The molecule has 0 saturated carbocycles. The molecule has 1 aromatic heterocycles. The zero-order valence-corrected chi connectivity index (χ0v) is 19.5. The molecule has 0 aliphatic carbocycles. The Balaban J connectivity index is 1.24. The highest BCUT2D eigenvalue weighted by Gasteiger charge is 2.42. The first-order valence-electron chi connectivity index (χ1n) is 11.5. The number of piperazine rings is 1. The predicted octanol–water partition coefficient (Wildman–Crippen LogP) is 2.91. The fourth-order valence-corrected chi connectivity index (χ4v) is 4.44. The molecule has 3 aromatic rings. The summed E-state index contributed by atoms with van der Waals surface area (Å²) in [5.74, 6) is 1.37. The number of ether oxygens (including phenoxy) is 1. The number of benzene rings is 2. The Kier molecular flexibility index (Phi) is 5.90. The van der Waals surface area contributed by atoms with Crippen molar-refractivity contribution < 1.29 is 19.1 Å². The van der Waals surface area contributed by atoms with Gasteiger partial charge in [0.15, 0.2) is 0 Å². The van der Waals surface area contributed by atoms with Crippen molar-refractivity contribution >= 4 is 23.5 Å². The Bertz CT molecular complexity index is 1250. The Labute approximate surface area is 203 Å². The van der Waals surface area contributed by atoms with Gasteiger partial charge in [-0.15, -0.1) is 0 Å². The van der Waals surface area contributed by atoms with Gasteiger partial charge in [0.25, 0.3) is 11.8 Å². The van der Waals surface area contributed by atoms with Gasteiger partial charge in [-0.2, -0.15) is 4.98 Å². The van der Waals surface area contributed by atoms with Crippen LogP contribution in [-0.4, -0.2) is 69.7 Å². The van der Waals surface area contributed by atoms with Crippen LogP contribution in [0.4, 0.5) is 5.82 Å². The third kappa shape index (κ3) is 4.32. The van der Waals surface area contributed by atoms with Crippen molar-refractivity contribution in [1.82, 2.24) is 19.8 Å². The Morgan fingerprint density at radius 1 is 0.886 bits per heavy atom. The van der Waals surface area contributed by atoms with E-state index in [4.69, 9.17) is 4.74 Å². The van der Waals surface area contributed by atoms with Crippen molar-refractivity contribution in [3.05, 3.63) is 77.6 Å². The summed E-state index contributed by atoms with van der Waals surface area (Å²) in [5.41, 5.74) is 0.684. The number of amides is 3. The van der Waals surface area contributed by atoms with Crippen LogP contribution in [0.25, 0.3) is 0 Å². The zero-order chi connectivity index (χ0) is 24.5. The minimum Gasteiger partial charge on any atom is -0.439 e. The van der Waals surface area contributed by atoms with E-state index in [0.717, 1.165) is 10.7 Å². The fourth-order valence-electron chi connectivity index (χ4n) is 4.44. The van der Waals surface area contributed by atoms with E-state index in [1.807, 2.05) is 37.3 Å².